The van der Waals surface area contributed by atoms with Crippen LogP contribution in [-0.2, 0) is 0 Å². The van der Waals surface area contributed by atoms with Crippen LogP contribution in [0.1, 0.15) is 38.0 Å². The van der Waals surface area contributed by atoms with Gasteiger partial charge in [-0.1, -0.05) is 12.1 Å². The Morgan fingerprint density at radius 1 is 1.24 bits per heavy atom. The van der Waals surface area contributed by atoms with Crippen molar-refractivity contribution in [2.75, 3.05) is 19.7 Å². The molecule has 5 nitrogen and oxygen atoms in total. The largest absolute Gasteiger partial charge is 0.494 e. The van der Waals surface area contributed by atoms with Crippen LogP contribution in [0, 0.1) is 0 Å². The normalized spacial score (nSPS) is 16.0. The van der Waals surface area contributed by atoms with Gasteiger partial charge in [-0.3, -0.25) is 0 Å². The highest BCUT2D eigenvalue weighted by Crippen LogP contribution is 2.26. The number of nitrogens with one attached hydrogen (secondary N) is 1. The lowest BCUT2D eigenvalue weighted by Crippen LogP contribution is -2.26. The third-order valence-corrected chi connectivity index (χ3v) is 3.72. The van der Waals surface area contributed by atoms with Crippen LogP contribution in [0.3, 0.4) is 0 Å². The second-order valence-corrected chi connectivity index (χ2v) is 5.35. The Morgan fingerprint density at radius 3 is 2.71 bits per heavy atom. The van der Waals surface area contributed by atoms with E-state index in [4.69, 9.17) is 9.26 Å². The maximum atomic E-state index is 5.58. The predicted octanol–water partition coefficient (Wildman–Crippen LogP) is 2.99. The summed E-state index contributed by atoms with van der Waals surface area (Å²) in [4.78, 5) is 4.55. The summed E-state index contributed by atoms with van der Waals surface area (Å²) < 4.78 is 11.0. The van der Waals surface area contributed by atoms with Gasteiger partial charge in [-0.15, -0.1) is 0 Å². The number of rotatable bonds is 5. The van der Waals surface area contributed by atoms with E-state index in [0.717, 1.165) is 56.2 Å². The molecule has 0 spiro atoms. The van der Waals surface area contributed by atoms with E-state index in [2.05, 4.69) is 22.4 Å². The number of piperidine rings is 1. The zero-order chi connectivity index (χ0) is 14.5. The van der Waals surface area contributed by atoms with Gasteiger partial charge in [-0.05, 0) is 56.6 Å². The van der Waals surface area contributed by atoms with Crippen molar-refractivity contribution in [1.82, 2.24) is 15.5 Å². The minimum Gasteiger partial charge on any atom is -0.494 e. The Balaban J connectivity index is 1.70. The average Bonchev–Trinajstić information content (AvgIpc) is 3.04. The molecule has 1 aromatic heterocycles. The number of nitrogens with zero attached hydrogens (tertiary/aromatic N) is 2. The highest BCUT2D eigenvalue weighted by molar-refractivity contribution is 5.55. The van der Waals surface area contributed by atoms with E-state index in [9.17, 15) is 0 Å². The van der Waals surface area contributed by atoms with Gasteiger partial charge >= 0.3 is 0 Å². The number of hydrogen-bond acceptors (Lipinski definition) is 5. The smallest absolute Gasteiger partial charge is 0.230 e. The Kier molecular flexibility index (Phi) is 4.50. The summed E-state index contributed by atoms with van der Waals surface area (Å²) >= 11 is 0. The van der Waals surface area contributed by atoms with Gasteiger partial charge in [0.05, 0.1) is 6.61 Å². The summed E-state index contributed by atoms with van der Waals surface area (Å²) in [7, 11) is 0. The summed E-state index contributed by atoms with van der Waals surface area (Å²) in [6.45, 7) is 4.87. The fourth-order valence-electron chi connectivity index (χ4n) is 2.51. The maximum absolute atomic E-state index is 5.58. The van der Waals surface area contributed by atoms with Crippen molar-refractivity contribution in [2.24, 2.45) is 0 Å². The van der Waals surface area contributed by atoms with Crippen LogP contribution in [0.4, 0.5) is 0 Å². The summed E-state index contributed by atoms with van der Waals surface area (Å²) in [5, 5.41) is 7.45. The maximum Gasteiger partial charge on any atom is 0.230 e. The van der Waals surface area contributed by atoms with E-state index < -0.39 is 0 Å². The quantitative estimate of drug-likeness (QED) is 0.916. The second-order valence-electron chi connectivity index (χ2n) is 5.35. The third-order valence-electron chi connectivity index (χ3n) is 3.72. The van der Waals surface area contributed by atoms with Gasteiger partial charge in [0.2, 0.25) is 11.7 Å². The monoisotopic (exact) mass is 287 g/mol. The summed E-state index contributed by atoms with van der Waals surface area (Å²) in [5.74, 6) is 2.69. The van der Waals surface area contributed by atoms with Crippen molar-refractivity contribution < 1.29 is 9.26 Å². The molecule has 2 heterocycles. The minimum absolute atomic E-state index is 0.389. The first-order valence-electron chi connectivity index (χ1n) is 7.64. The summed E-state index contributed by atoms with van der Waals surface area (Å²) in [5.41, 5.74) is 0.961. The topological polar surface area (TPSA) is 60.2 Å². The molecule has 1 fully saturated rings. The van der Waals surface area contributed by atoms with E-state index in [-0.39, 0.29) is 0 Å². The molecular weight excluding hydrogens is 266 g/mol. The first-order valence-corrected chi connectivity index (χ1v) is 7.64. The molecule has 1 aliphatic rings. The zero-order valence-electron chi connectivity index (χ0n) is 12.3. The van der Waals surface area contributed by atoms with Gasteiger partial charge < -0.3 is 14.6 Å². The van der Waals surface area contributed by atoms with Crippen molar-refractivity contribution in [3.05, 3.63) is 30.2 Å². The molecule has 0 aliphatic carbocycles. The fourth-order valence-corrected chi connectivity index (χ4v) is 2.51. The lowest BCUT2D eigenvalue weighted by Gasteiger charge is -2.18. The van der Waals surface area contributed by atoms with E-state index in [1.807, 2.05) is 24.3 Å². The van der Waals surface area contributed by atoms with Crippen LogP contribution in [0.15, 0.2) is 28.8 Å². The van der Waals surface area contributed by atoms with Crippen molar-refractivity contribution in [3.63, 3.8) is 0 Å². The molecule has 1 aliphatic heterocycles. The molecule has 0 atom stereocenters. The molecule has 1 saturated heterocycles. The Bertz CT molecular complexity index is 559. The van der Waals surface area contributed by atoms with Crippen LogP contribution < -0.4 is 10.1 Å². The molecule has 2 aromatic rings. The SMILES string of the molecule is CCCOc1ccc(-c2noc(C3CCNCC3)n2)cc1. The van der Waals surface area contributed by atoms with Gasteiger partial charge in [-0.2, -0.15) is 4.98 Å². The van der Waals surface area contributed by atoms with E-state index in [1.165, 1.54) is 0 Å². The van der Waals surface area contributed by atoms with E-state index >= 15 is 0 Å². The molecule has 1 N–H and O–H groups in total. The lowest BCUT2D eigenvalue weighted by atomic mass is 9.98. The Morgan fingerprint density at radius 2 is 2.00 bits per heavy atom. The Labute approximate surface area is 124 Å². The lowest BCUT2D eigenvalue weighted by molar-refractivity contribution is 0.317. The van der Waals surface area contributed by atoms with Crippen molar-refractivity contribution >= 4 is 0 Å². The molecule has 21 heavy (non-hydrogen) atoms. The molecule has 0 bridgehead atoms. The third kappa shape index (κ3) is 3.42. The molecular formula is C16H21N3O2. The first-order chi connectivity index (χ1) is 10.4. The second kappa shape index (κ2) is 6.72. The number of benzene rings is 1. The number of hydrogen-bond donors (Lipinski definition) is 1. The predicted molar refractivity (Wildman–Crippen MR) is 80.4 cm³/mol. The molecule has 0 amide bonds. The van der Waals surface area contributed by atoms with Gasteiger partial charge in [0.1, 0.15) is 5.75 Å². The Hall–Kier alpha value is -1.88. The van der Waals surface area contributed by atoms with Gasteiger partial charge in [0, 0.05) is 11.5 Å². The molecule has 112 valence electrons. The van der Waals surface area contributed by atoms with Gasteiger partial charge in [-0.25, -0.2) is 0 Å². The van der Waals surface area contributed by atoms with E-state index in [1.54, 1.807) is 0 Å². The van der Waals surface area contributed by atoms with E-state index in [0.29, 0.717) is 11.7 Å². The molecule has 0 unspecified atom stereocenters. The van der Waals surface area contributed by atoms with Crippen LogP contribution in [0.2, 0.25) is 0 Å². The van der Waals surface area contributed by atoms with Gasteiger partial charge in [0.25, 0.3) is 0 Å². The molecule has 1 aromatic carbocycles. The summed E-state index contributed by atoms with van der Waals surface area (Å²) in [6.07, 6.45) is 3.13. The van der Waals surface area contributed by atoms with Crippen LogP contribution in [-0.4, -0.2) is 29.8 Å². The van der Waals surface area contributed by atoms with Crippen molar-refractivity contribution in [3.8, 4) is 17.1 Å². The molecule has 5 heteroatoms. The zero-order valence-corrected chi connectivity index (χ0v) is 12.3. The van der Waals surface area contributed by atoms with Gasteiger partial charge in [0.15, 0.2) is 0 Å². The number of aromatic nitrogens is 2. The van der Waals surface area contributed by atoms with Crippen molar-refractivity contribution in [2.45, 2.75) is 32.1 Å². The average molecular weight is 287 g/mol. The fraction of sp³-hybridized carbons (Fsp3) is 0.500. The number of ether oxygens (including phenoxy) is 1. The minimum atomic E-state index is 0.389. The molecule has 0 radical (unpaired) electrons. The first kappa shape index (κ1) is 14.1. The van der Waals surface area contributed by atoms with Crippen LogP contribution in [0.5, 0.6) is 5.75 Å². The molecule has 0 saturated carbocycles. The van der Waals surface area contributed by atoms with Crippen LogP contribution in [0.25, 0.3) is 11.4 Å². The highest BCUT2D eigenvalue weighted by atomic mass is 16.5. The van der Waals surface area contributed by atoms with Crippen molar-refractivity contribution in [1.29, 1.82) is 0 Å². The molecule has 3 rings (SSSR count). The summed E-state index contributed by atoms with van der Waals surface area (Å²) in [6, 6.07) is 7.85. The van der Waals surface area contributed by atoms with Crippen LogP contribution >= 0.6 is 0 Å². The highest BCUT2D eigenvalue weighted by Gasteiger charge is 2.21. The standard InChI is InChI=1S/C16H21N3O2/c1-2-11-20-14-5-3-12(4-6-14)15-18-16(21-19-15)13-7-9-17-10-8-13/h3-6,13,17H,2,7-11H2,1H3.